The zero-order valence-corrected chi connectivity index (χ0v) is 15.7. The largest absolute Gasteiger partial charge is 0.497 e. The molecule has 1 fully saturated rings. The molecular formula is C18H20BrClN2O2. The van der Waals surface area contributed by atoms with Gasteiger partial charge in [0.1, 0.15) is 5.75 Å². The number of amides is 1. The molecule has 2 aromatic rings. The highest BCUT2D eigenvalue weighted by Gasteiger charge is 2.34. The maximum atomic E-state index is 12.8. The number of methoxy groups -OCH3 is 1. The van der Waals surface area contributed by atoms with E-state index in [4.69, 9.17) is 10.5 Å². The lowest BCUT2D eigenvalue weighted by atomic mass is 9.95. The summed E-state index contributed by atoms with van der Waals surface area (Å²) in [6, 6.07) is 15.5. The van der Waals surface area contributed by atoms with Crippen molar-refractivity contribution in [1.82, 2.24) is 4.90 Å². The molecule has 1 amide bonds. The van der Waals surface area contributed by atoms with E-state index >= 15 is 0 Å². The fraction of sp³-hybridized carbons (Fsp3) is 0.278. The molecule has 1 saturated heterocycles. The molecule has 4 nitrogen and oxygen atoms in total. The summed E-state index contributed by atoms with van der Waals surface area (Å²) >= 11 is 3.45. The molecule has 2 aromatic carbocycles. The molecule has 128 valence electrons. The number of benzene rings is 2. The van der Waals surface area contributed by atoms with E-state index in [0.29, 0.717) is 24.4 Å². The van der Waals surface area contributed by atoms with E-state index in [1.165, 1.54) is 5.56 Å². The van der Waals surface area contributed by atoms with E-state index in [9.17, 15) is 4.79 Å². The fourth-order valence-corrected chi connectivity index (χ4v) is 3.43. The minimum absolute atomic E-state index is 0. The van der Waals surface area contributed by atoms with E-state index < -0.39 is 0 Å². The lowest BCUT2D eigenvalue weighted by molar-refractivity contribution is 0.0788. The van der Waals surface area contributed by atoms with Crippen LogP contribution < -0.4 is 10.5 Å². The first kappa shape index (κ1) is 18.8. The molecule has 0 saturated carbocycles. The minimum Gasteiger partial charge on any atom is -0.497 e. The van der Waals surface area contributed by atoms with Gasteiger partial charge in [0.2, 0.25) is 0 Å². The fourth-order valence-electron chi connectivity index (χ4n) is 3.01. The lowest BCUT2D eigenvalue weighted by Crippen LogP contribution is -2.32. The summed E-state index contributed by atoms with van der Waals surface area (Å²) in [5.74, 6) is 0.814. The summed E-state index contributed by atoms with van der Waals surface area (Å²) in [6.45, 7) is 1.19. The molecule has 1 aliphatic heterocycles. The Morgan fingerprint density at radius 2 is 1.92 bits per heavy atom. The predicted molar refractivity (Wildman–Crippen MR) is 101 cm³/mol. The quantitative estimate of drug-likeness (QED) is 0.841. The monoisotopic (exact) mass is 410 g/mol. The smallest absolute Gasteiger partial charge is 0.255 e. The first-order valence-corrected chi connectivity index (χ1v) is 8.33. The van der Waals surface area contributed by atoms with Gasteiger partial charge >= 0.3 is 0 Å². The van der Waals surface area contributed by atoms with Crippen molar-refractivity contribution in [1.29, 1.82) is 0 Å². The van der Waals surface area contributed by atoms with Crippen molar-refractivity contribution in [3.63, 3.8) is 0 Å². The van der Waals surface area contributed by atoms with E-state index in [1.54, 1.807) is 13.2 Å². The number of carbonyl (C=O) groups is 1. The standard InChI is InChI=1S/C18H19BrN2O2.ClH/c1-23-13-7-8-16(19)14(9-13)18(22)21-10-15(17(20)11-21)12-5-3-2-4-6-12;/h2-9,15,17H,10-11,20H2,1H3;1H/t15-,17+;/m0./s1. The van der Waals surface area contributed by atoms with Gasteiger partial charge in [-0.3, -0.25) is 4.79 Å². The third-order valence-electron chi connectivity index (χ3n) is 4.28. The van der Waals surface area contributed by atoms with Gasteiger partial charge in [-0.05, 0) is 39.7 Å². The van der Waals surface area contributed by atoms with Crippen LogP contribution in [0.1, 0.15) is 21.8 Å². The van der Waals surface area contributed by atoms with Gasteiger partial charge in [-0.25, -0.2) is 0 Å². The topological polar surface area (TPSA) is 55.6 Å². The number of rotatable bonds is 3. The number of likely N-dealkylation sites (tertiary alicyclic amines) is 1. The molecule has 6 heteroatoms. The summed E-state index contributed by atoms with van der Waals surface area (Å²) in [5, 5.41) is 0. The molecular weight excluding hydrogens is 392 g/mol. The maximum absolute atomic E-state index is 12.8. The second-order valence-electron chi connectivity index (χ2n) is 5.74. The molecule has 0 unspecified atom stereocenters. The SMILES string of the molecule is COc1ccc(Br)c(C(=O)N2C[C@@H](N)[C@H](c3ccccc3)C2)c1.Cl. The summed E-state index contributed by atoms with van der Waals surface area (Å²) < 4.78 is 5.98. The van der Waals surface area contributed by atoms with Gasteiger partial charge in [-0.2, -0.15) is 0 Å². The first-order valence-electron chi connectivity index (χ1n) is 7.53. The highest BCUT2D eigenvalue weighted by Crippen LogP contribution is 2.30. The van der Waals surface area contributed by atoms with Gasteiger partial charge in [0.15, 0.2) is 0 Å². The number of ether oxygens (including phenoxy) is 1. The number of carbonyl (C=O) groups excluding carboxylic acids is 1. The van der Waals surface area contributed by atoms with E-state index in [-0.39, 0.29) is 30.3 Å². The van der Waals surface area contributed by atoms with Gasteiger partial charge in [0.05, 0.1) is 12.7 Å². The maximum Gasteiger partial charge on any atom is 0.255 e. The van der Waals surface area contributed by atoms with Crippen molar-refractivity contribution < 1.29 is 9.53 Å². The van der Waals surface area contributed by atoms with Crippen LogP contribution in [0, 0.1) is 0 Å². The Bertz CT molecular complexity index is 711. The Hall–Kier alpha value is -1.56. The average Bonchev–Trinajstić information content (AvgIpc) is 2.97. The molecule has 0 aliphatic carbocycles. The Balaban J connectivity index is 0.00000208. The molecule has 2 atom stereocenters. The number of hydrogen-bond acceptors (Lipinski definition) is 3. The third-order valence-corrected chi connectivity index (χ3v) is 4.98. The third kappa shape index (κ3) is 3.74. The summed E-state index contributed by atoms with van der Waals surface area (Å²) in [4.78, 5) is 14.7. The van der Waals surface area contributed by atoms with Crippen LogP contribution in [0.5, 0.6) is 5.75 Å². The van der Waals surface area contributed by atoms with Crippen LogP contribution in [0.15, 0.2) is 53.0 Å². The zero-order valence-electron chi connectivity index (χ0n) is 13.3. The number of hydrogen-bond donors (Lipinski definition) is 1. The highest BCUT2D eigenvalue weighted by molar-refractivity contribution is 9.10. The first-order chi connectivity index (χ1) is 11.1. The summed E-state index contributed by atoms with van der Waals surface area (Å²) in [5.41, 5.74) is 8.06. The Kier molecular flexibility index (Phi) is 6.27. The number of nitrogens with zero attached hydrogens (tertiary/aromatic N) is 1. The summed E-state index contributed by atoms with van der Waals surface area (Å²) in [6.07, 6.45) is 0. The van der Waals surface area contributed by atoms with E-state index in [0.717, 1.165) is 4.47 Å². The van der Waals surface area contributed by atoms with Crippen LogP contribution in [-0.4, -0.2) is 37.0 Å². The van der Waals surface area contributed by atoms with Crippen LogP contribution in [-0.2, 0) is 0 Å². The van der Waals surface area contributed by atoms with Crippen LogP contribution in [0.2, 0.25) is 0 Å². The summed E-state index contributed by atoms with van der Waals surface area (Å²) in [7, 11) is 1.59. The van der Waals surface area contributed by atoms with Gasteiger partial charge in [-0.15, -0.1) is 12.4 Å². The van der Waals surface area contributed by atoms with Crippen LogP contribution in [0.3, 0.4) is 0 Å². The molecule has 1 heterocycles. The van der Waals surface area contributed by atoms with Crippen molar-refractivity contribution in [3.05, 3.63) is 64.1 Å². The molecule has 0 bridgehead atoms. The Morgan fingerprint density at radius 1 is 1.21 bits per heavy atom. The normalized spacial score (nSPS) is 19.7. The average molecular weight is 412 g/mol. The van der Waals surface area contributed by atoms with E-state index in [2.05, 4.69) is 28.1 Å². The molecule has 1 aliphatic rings. The molecule has 24 heavy (non-hydrogen) atoms. The minimum atomic E-state index is -0.0502. The highest BCUT2D eigenvalue weighted by atomic mass is 79.9. The molecule has 0 aromatic heterocycles. The van der Waals surface area contributed by atoms with Gasteiger partial charge < -0.3 is 15.4 Å². The second kappa shape index (κ2) is 8.01. The van der Waals surface area contributed by atoms with Crippen LogP contribution in [0.4, 0.5) is 0 Å². The van der Waals surface area contributed by atoms with Crippen molar-refractivity contribution in [2.45, 2.75) is 12.0 Å². The zero-order chi connectivity index (χ0) is 16.4. The van der Waals surface area contributed by atoms with Gasteiger partial charge in [-0.1, -0.05) is 30.3 Å². The molecule has 0 spiro atoms. The van der Waals surface area contributed by atoms with Gasteiger partial charge in [0, 0.05) is 29.5 Å². The second-order valence-corrected chi connectivity index (χ2v) is 6.59. The molecule has 2 N–H and O–H groups in total. The molecule has 3 rings (SSSR count). The van der Waals surface area contributed by atoms with Crippen molar-refractivity contribution in [3.8, 4) is 5.75 Å². The lowest BCUT2D eigenvalue weighted by Gasteiger charge is -2.18. The Morgan fingerprint density at radius 3 is 2.58 bits per heavy atom. The predicted octanol–water partition coefficient (Wildman–Crippen LogP) is 3.45. The van der Waals surface area contributed by atoms with Crippen molar-refractivity contribution in [2.24, 2.45) is 5.73 Å². The Labute approximate surface area is 156 Å². The van der Waals surface area contributed by atoms with Crippen LogP contribution >= 0.6 is 28.3 Å². The van der Waals surface area contributed by atoms with Crippen molar-refractivity contribution >= 4 is 34.2 Å². The van der Waals surface area contributed by atoms with Crippen molar-refractivity contribution in [2.75, 3.05) is 20.2 Å². The van der Waals surface area contributed by atoms with Gasteiger partial charge in [0.25, 0.3) is 5.91 Å². The van der Waals surface area contributed by atoms with Crippen LogP contribution in [0.25, 0.3) is 0 Å². The van der Waals surface area contributed by atoms with E-state index in [1.807, 2.05) is 35.2 Å². The molecule has 0 radical (unpaired) electrons. The number of nitrogens with two attached hydrogens (primary N) is 1. The number of halogens is 2.